The van der Waals surface area contributed by atoms with Crippen molar-refractivity contribution >= 4 is 5.82 Å². The van der Waals surface area contributed by atoms with Crippen LogP contribution in [0.25, 0.3) is 0 Å². The summed E-state index contributed by atoms with van der Waals surface area (Å²) in [7, 11) is 0. The molecule has 1 aliphatic rings. The van der Waals surface area contributed by atoms with E-state index in [1.54, 1.807) is 0 Å². The number of aryl methyl sites for hydroxylation is 2. The maximum Gasteiger partial charge on any atom is 0.129 e. The van der Waals surface area contributed by atoms with Crippen molar-refractivity contribution < 1.29 is 0 Å². The molecule has 1 aromatic rings. The highest BCUT2D eigenvalue weighted by Gasteiger charge is 2.13. The summed E-state index contributed by atoms with van der Waals surface area (Å²) in [6, 6.07) is 6.48. The molecule has 0 bridgehead atoms. The maximum atomic E-state index is 8.84. The van der Waals surface area contributed by atoms with Crippen molar-refractivity contribution in [1.82, 2.24) is 4.98 Å². The van der Waals surface area contributed by atoms with Gasteiger partial charge in [0, 0.05) is 12.2 Å². The van der Waals surface area contributed by atoms with Gasteiger partial charge in [-0.3, -0.25) is 0 Å². The molecule has 1 aliphatic carbocycles. The summed E-state index contributed by atoms with van der Waals surface area (Å²) in [5.41, 5.74) is 2.64. The predicted octanol–water partition coefficient (Wildman–Crippen LogP) is 2.70. The van der Waals surface area contributed by atoms with E-state index in [-0.39, 0.29) is 0 Å². The Morgan fingerprint density at radius 1 is 1.35 bits per heavy atom. The van der Waals surface area contributed by atoms with Crippen LogP contribution in [0, 0.1) is 11.3 Å². The number of pyridine rings is 1. The molecule has 0 saturated carbocycles. The first-order chi connectivity index (χ1) is 8.35. The minimum Gasteiger partial charge on any atom is -0.343 e. The molecule has 17 heavy (non-hydrogen) atoms. The van der Waals surface area contributed by atoms with E-state index in [9.17, 15) is 0 Å². The van der Waals surface area contributed by atoms with E-state index < -0.39 is 0 Å². The van der Waals surface area contributed by atoms with E-state index in [1.807, 2.05) is 0 Å². The molecule has 90 valence electrons. The number of nitrogens with zero attached hydrogens (tertiary/aromatic N) is 3. The largest absolute Gasteiger partial charge is 0.343 e. The van der Waals surface area contributed by atoms with E-state index in [0.29, 0.717) is 6.54 Å². The van der Waals surface area contributed by atoms with E-state index >= 15 is 0 Å². The second-order valence-corrected chi connectivity index (χ2v) is 4.56. The first kappa shape index (κ1) is 11.9. The van der Waals surface area contributed by atoms with Crippen LogP contribution in [-0.4, -0.2) is 18.1 Å². The summed E-state index contributed by atoms with van der Waals surface area (Å²) < 4.78 is 0. The lowest BCUT2D eigenvalue weighted by Crippen LogP contribution is -2.26. The first-order valence-electron chi connectivity index (χ1n) is 6.46. The minimum absolute atomic E-state index is 0.430. The predicted molar refractivity (Wildman–Crippen MR) is 69.0 cm³/mol. The summed E-state index contributed by atoms with van der Waals surface area (Å²) in [5, 5.41) is 8.84. The third kappa shape index (κ3) is 2.76. The van der Waals surface area contributed by atoms with E-state index in [1.165, 1.54) is 24.1 Å². The molecular formula is C14H19N3. The van der Waals surface area contributed by atoms with Gasteiger partial charge in [0.25, 0.3) is 0 Å². The zero-order valence-corrected chi connectivity index (χ0v) is 10.4. The van der Waals surface area contributed by atoms with Gasteiger partial charge in [0.1, 0.15) is 12.4 Å². The van der Waals surface area contributed by atoms with Crippen molar-refractivity contribution in [2.75, 3.05) is 18.0 Å². The van der Waals surface area contributed by atoms with Crippen molar-refractivity contribution in [3.63, 3.8) is 0 Å². The molecule has 0 unspecified atom stereocenters. The highest BCUT2D eigenvalue weighted by Crippen LogP contribution is 2.22. The summed E-state index contributed by atoms with van der Waals surface area (Å²) >= 11 is 0. The summed E-state index contributed by atoms with van der Waals surface area (Å²) in [6.07, 6.45) is 5.82. The fourth-order valence-corrected chi connectivity index (χ4v) is 2.38. The highest BCUT2D eigenvalue weighted by atomic mass is 15.2. The smallest absolute Gasteiger partial charge is 0.129 e. The summed E-state index contributed by atoms with van der Waals surface area (Å²) in [5.74, 6) is 0.967. The zero-order valence-electron chi connectivity index (χ0n) is 10.4. The topological polar surface area (TPSA) is 39.9 Å². The third-order valence-corrected chi connectivity index (χ3v) is 3.24. The average Bonchev–Trinajstić information content (AvgIpc) is 2.38. The number of fused-ring (bicyclic) bond motifs is 1. The Labute approximate surface area is 103 Å². The van der Waals surface area contributed by atoms with Gasteiger partial charge in [-0.2, -0.15) is 5.26 Å². The number of anilines is 1. The van der Waals surface area contributed by atoms with Gasteiger partial charge in [0.15, 0.2) is 0 Å². The number of hydrogen-bond donors (Lipinski definition) is 0. The van der Waals surface area contributed by atoms with Gasteiger partial charge < -0.3 is 4.90 Å². The van der Waals surface area contributed by atoms with Gasteiger partial charge in [-0.1, -0.05) is 13.0 Å². The maximum absolute atomic E-state index is 8.84. The molecule has 0 N–H and O–H groups in total. The second kappa shape index (κ2) is 5.67. The van der Waals surface area contributed by atoms with Crippen molar-refractivity contribution in [2.24, 2.45) is 0 Å². The zero-order chi connectivity index (χ0) is 12.1. The fourth-order valence-electron chi connectivity index (χ4n) is 2.38. The number of rotatable bonds is 4. The Balaban J connectivity index is 2.22. The van der Waals surface area contributed by atoms with Crippen LogP contribution in [0.4, 0.5) is 5.82 Å². The van der Waals surface area contributed by atoms with Crippen LogP contribution in [0.15, 0.2) is 12.1 Å². The Morgan fingerprint density at radius 2 is 2.18 bits per heavy atom. The van der Waals surface area contributed by atoms with Crippen LogP contribution >= 0.6 is 0 Å². The molecule has 0 aliphatic heterocycles. The number of nitriles is 1. The molecule has 1 aromatic heterocycles. The SMILES string of the molecule is CCCN(CC#N)c1ccc2c(n1)CCCC2. The lowest BCUT2D eigenvalue weighted by molar-refractivity contribution is 0.664. The first-order valence-corrected chi connectivity index (χ1v) is 6.46. The summed E-state index contributed by atoms with van der Waals surface area (Å²) in [6.45, 7) is 3.46. The minimum atomic E-state index is 0.430. The van der Waals surface area contributed by atoms with Gasteiger partial charge in [-0.15, -0.1) is 0 Å². The van der Waals surface area contributed by atoms with Gasteiger partial charge in [-0.05, 0) is 43.7 Å². The highest BCUT2D eigenvalue weighted by molar-refractivity contribution is 5.43. The van der Waals surface area contributed by atoms with Gasteiger partial charge in [0.2, 0.25) is 0 Å². The number of aromatic nitrogens is 1. The Hall–Kier alpha value is -1.56. The molecule has 0 aromatic carbocycles. The molecule has 3 nitrogen and oxygen atoms in total. The van der Waals surface area contributed by atoms with Crippen molar-refractivity contribution in [2.45, 2.75) is 39.0 Å². The molecule has 0 saturated heterocycles. The molecule has 0 radical (unpaired) electrons. The van der Waals surface area contributed by atoms with Crippen molar-refractivity contribution in [3.05, 3.63) is 23.4 Å². The number of hydrogen-bond acceptors (Lipinski definition) is 3. The molecule has 0 atom stereocenters. The molecule has 0 amide bonds. The van der Waals surface area contributed by atoms with Crippen LogP contribution in [0.1, 0.15) is 37.4 Å². The normalized spacial score (nSPS) is 13.9. The molecule has 3 heteroatoms. The van der Waals surface area contributed by atoms with Crippen LogP contribution in [0.3, 0.4) is 0 Å². The van der Waals surface area contributed by atoms with Crippen LogP contribution in [-0.2, 0) is 12.8 Å². The molecule has 1 heterocycles. The molecule has 0 fully saturated rings. The Morgan fingerprint density at radius 3 is 2.94 bits per heavy atom. The summed E-state index contributed by atoms with van der Waals surface area (Å²) in [4.78, 5) is 6.79. The van der Waals surface area contributed by atoms with Gasteiger partial charge in [-0.25, -0.2) is 4.98 Å². The Kier molecular flexibility index (Phi) is 3.98. The third-order valence-electron chi connectivity index (χ3n) is 3.24. The van der Waals surface area contributed by atoms with Gasteiger partial charge in [0.05, 0.1) is 6.07 Å². The lowest BCUT2D eigenvalue weighted by atomic mass is 9.96. The van der Waals surface area contributed by atoms with Crippen molar-refractivity contribution in [3.8, 4) is 6.07 Å². The molecule has 2 rings (SSSR count). The molecular weight excluding hydrogens is 210 g/mol. The second-order valence-electron chi connectivity index (χ2n) is 4.56. The van der Waals surface area contributed by atoms with Crippen LogP contribution in [0.5, 0.6) is 0 Å². The molecule has 0 spiro atoms. The van der Waals surface area contributed by atoms with E-state index in [4.69, 9.17) is 10.2 Å². The van der Waals surface area contributed by atoms with E-state index in [2.05, 4.69) is 30.0 Å². The standard InChI is InChI=1S/C14H19N3/c1-2-10-17(11-9-15)14-8-7-12-5-3-4-6-13(12)16-14/h7-8H,2-6,10-11H2,1H3. The monoisotopic (exact) mass is 229 g/mol. The average molecular weight is 229 g/mol. The van der Waals surface area contributed by atoms with Gasteiger partial charge >= 0.3 is 0 Å². The quantitative estimate of drug-likeness (QED) is 0.745. The van der Waals surface area contributed by atoms with E-state index in [0.717, 1.165) is 31.6 Å². The lowest BCUT2D eigenvalue weighted by Gasteiger charge is -2.22. The van der Waals surface area contributed by atoms with Crippen LogP contribution < -0.4 is 4.90 Å². The van der Waals surface area contributed by atoms with Crippen LogP contribution in [0.2, 0.25) is 0 Å². The van der Waals surface area contributed by atoms with Crippen molar-refractivity contribution in [1.29, 1.82) is 5.26 Å². The Bertz CT molecular complexity index is 420. The fraction of sp³-hybridized carbons (Fsp3) is 0.571.